The van der Waals surface area contributed by atoms with Crippen LogP contribution in [0.4, 0.5) is 0 Å². The predicted octanol–water partition coefficient (Wildman–Crippen LogP) is 5.82. The number of furan rings is 2. The smallest absolute Gasteiger partial charge is 0.115 e. The fourth-order valence-electron chi connectivity index (χ4n) is 2.57. The van der Waals surface area contributed by atoms with Crippen LogP contribution < -0.4 is 0 Å². The molecule has 110 valence electrons. The van der Waals surface area contributed by atoms with Gasteiger partial charge in [-0.25, -0.2) is 0 Å². The fourth-order valence-corrected chi connectivity index (χ4v) is 2.57. The van der Waals surface area contributed by atoms with Crippen LogP contribution in [0, 0.1) is 27.7 Å². The van der Waals surface area contributed by atoms with Gasteiger partial charge in [0.05, 0.1) is 5.92 Å². The van der Waals surface area contributed by atoms with Crippen LogP contribution in [-0.2, 0) is 0 Å². The van der Waals surface area contributed by atoms with Crippen molar-refractivity contribution in [1.29, 1.82) is 0 Å². The zero-order chi connectivity index (χ0) is 14.7. The van der Waals surface area contributed by atoms with Gasteiger partial charge in [-0.2, -0.15) is 0 Å². The van der Waals surface area contributed by atoms with E-state index in [0.717, 1.165) is 29.5 Å². The first-order valence-corrected chi connectivity index (χ1v) is 7.66. The van der Waals surface area contributed by atoms with Gasteiger partial charge in [0.2, 0.25) is 0 Å². The highest BCUT2D eigenvalue weighted by molar-refractivity contribution is 5.29. The Morgan fingerprint density at radius 1 is 0.850 bits per heavy atom. The Hall–Kier alpha value is -1.44. The minimum absolute atomic E-state index is 0.251. The SMILES string of the molecule is CCCCCC(c1cc(C)c(C)o1)c1cc(C)c(C)o1. The molecular weight excluding hydrogens is 248 g/mol. The van der Waals surface area contributed by atoms with Crippen LogP contribution in [0.5, 0.6) is 0 Å². The summed E-state index contributed by atoms with van der Waals surface area (Å²) in [5.74, 6) is 4.37. The summed E-state index contributed by atoms with van der Waals surface area (Å²) >= 11 is 0. The van der Waals surface area contributed by atoms with Crippen molar-refractivity contribution in [2.24, 2.45) is 0 Å². The van der Waals surface area contributed by atoms with Crippen LogP contribution in [0.25, 0.3) is 0 Å². The topological polar surface area (TPSA) is 26.3 Å². The minimum Gasteiger partial charge on any atom is -0.465 e. The third kappa shape index (κ3) is 3.17. The Morgan fingerprint density at radius 3 is 1.70 bits per heavy atom. The van der Waals surface area contributed by atoms with Crippen molar-refractivity contribution in [1.82, 2.24) is 0 Å². The Bertz CT molecular complexity index is 475. The molecule has 0 saturated carbocycles. The van der Waals surface area contributed by atoms with Gasteiger partial charge in [-0.1, -0.05) is 26.2 Å². The lowest BCUT2D eigenvalue weighted by Gasteiger charge is -2.11. The van der Waals surface area contributed by atoms with Crippen molar-refractivity contribution in [3.05, 3.63) is 46.3 Å². The molecule has 20 heavy (non-hydrogen) atoms. The van der Waals surface area contributed by atoms with Crippen LogP contribution in [0.3, 0.4) is 0 Å². The molecule has 2 heteroatoms. The van der Waals surface area contributed by atoms with Crippen molar-refractivity contribution in [3.63, 3.8) is 0 Å². The van der Waals surface area contributed by atoms with Crippen LogP contribution >= 0.6 is 0 Å². The van der Waals surface area contributed by atoms with E-state index in [4.69, 9.17) is 8.83 Å². The molecule has 0 radical (unpaired) electrons. The average molecular weight is 274 g/mol. The van der Waals surface area contributed by atoms with Crippen LogP contribution in [0.2, 0.25) is 0 Å². The van der Waals surface area contributed by atoms with Gasteiger partial charge in [0.25, 0.3) is 0 Å². The minimum atomic E-state index is 0.251. The molecular formula is C18H26O2. The summed E-state index contributed by atoms with van der Waals surface area (Å²) < 4.78 is 11.9. The zero-order valence-electron chi connectivity index (χ0n) is 13.4. The highest BCUT2D eigenvalue weighted by Crippen LogP contribution is 2.34. The van der Waals surface area contributed by atoms with Crippen LogP contribution in [-0.4, -0.2) is 0 Å². The molecule has 0 fully saturated rings. The van der Waals surface area contributed by atoms with Crippen molar-refractivity contribution < 1.29 is 8.83 Å². The van der Waals surface area contributed by atoms with Crippen molar-refractivity contribution in [2.45, 2.75) is 66.2 Å². The summed E-state index contributed by atoms with van der Waals surface area (Å²) in [6.45, 7) is 10.5. The molecule has 0 aliphatic rings. The van der Waals surface area contributed by atoms with Crippen molar-refractivity contribution in [3.8, 4) is 0 Å². The summed E-state index contributed by atoms with van der Waals surface area (Å²) in [5.41, 5.74) is 2.45. The fraction of sp³-hybridized carbons (Fsp3) is 0.556. The van der Waals surface area contributed by atoms with Gasteiger partial charge in [-0.3, -0.25) is 0 Å². The summed E-state index contributed by atoms with van der Waals surface area (Å²) in [7, 11) is 0. The van der Waals surface area contributed by atoms with Gasteiger partial charge in [-0.05, 0) is 57.4 Å². The van der Waals surface area contributed by atoms with E-state index < -0.39 is 0 Å². The van der Waals surface area contributed by atoms with Gasteiger partial charge >= 0.3 is 0 Å². The molecule has 2 aromatic rings. The Morgan fingerprint density at radius 2 is 1.35 bits per heavy atom. The molecule has 0 amide bonds. The van der Waals surface area contributed by atoms with E-state index in [2.05, 4.69) is 32.9 Å². The summed E-state index contributed by atoms with van der Waals surface area (Å²) in [6, 6.07) is 4.33. The lowest BCUT2D eigenvalue weighted by molar-refractivity contribution is 0.391. The van der Waals surface area contributed by atoms with Gasteiger partial charge in [-0.15, -0.1) is 0 Å². The van der Waals surface area contributed by atoms with Crippen molar-refractivity contribution in [2.75, 3.05) is 0 Å². The molecule has 2 heterocycles. The highest BCUT2D eigenvalue weighted by Gasteiger charge is 2.22. The third-order valence-electron chi connectivity index (χ3n) is 4.15. The molecule has 0 aliphatic heterocycles. The molecule has 2 rings (SSSR count). The molecule has 0 saturated heterocycles. The maximum Gasteiger partial charge on any atom is 0.115 e. The van der Waals surface area contributed by atoms with Gasteiger partial charge in [0.15, 0.2) is 0 Å². The second-order valence-corrected chi connectivity index (χ2v) is 5.82. The maximum atomic E-state index is 5.95. The first-order chi connectivity index (χ1) is 9.52. The molecule has 0 unspecified atom stereocenters. The summed E-state index contributed by atoms with van der Waals surface area (Å²) in [6.07, 6.45) is 4.79. The molecule has 2 aromatic heterocycles. The lowest BCUT2D eigenvalue weighted by atomic mass is 9.95. The van der Waals surface area contributed by atoms with E-state index >= 15 is 0 Å². The zero-order valence-corrected chi connectivity index (χ0v) is 13.4. The summed E-state index contributed by atoms with van der Waals surface area (Å²) in [5, 5.41) is 0. The lowest BCUT2D eigenvalue weighted by Crippen LogP contribution is -1.99. The van der Waals surface area contributed by atoms with E-state index in [1.54, 1.807) is 0 Å². The first kappa shape index (κ1) is 15.0. The monoisotopic (exact) mass is 274 g/mol. The molecule has 0 aliphatic carbocycles. The van der Waals surface area contributed by atoms with Crippen LogP contribution in [0.15, 0.2) is 21.0 Å². The van der Waals surface area contributed by atoms with E-state index in [-0.39, 0.29) is 5.92 Å². The largest absolute Gasteiger partial charge is 0.465 e. The molecule has 0 atom stereocenters. The Kier molecular flexibility index (Phi) is 4.74. The van der Waals surface area contributed by atoms with Gasteiger partial charge in [0, 0.05) is 0 Å². The van der Waals surface area contributed by atoms with Gasteiger partial charge < -0.3 is 8.83 Å². The average Bonchev–Trinajstić information content (AvgIpc) is 2.90. The third-order valence-corrected chi connectivity index (χ3v) is 4.15. The highest BCUT2D eigenvalue weighted by atomic mass is 16.4. The quantitative estimate of drug-likeness (QED) is 0.620. The maximum absolute atomic E-state index is 5.95. The molecule has 2 nitrogen and oxygen atoms in total. The number of unbranched alkanes of at least 4 members (excludes halogenated alkanes) is 2. The number of rotatable bonds is 6. The molecule has 0 aromatic carbocycles. The second kappa shape index (κ2) is 6.34. The van der Waals surface area contributed by atoms with E-state index in [1.165, 1.54) is 30.4 Å². The second-order valence-electron chi connectivity index (χ2n) is 5.82. The molecule has 0 N–H and O–H groups in total. The normalized spacial score (nSPS) is 11.5. The van der Waals surface area contributed by atoms with E-state index in [1.807, 2.05) is 13.8 Å². The van der Waals surface area contributed by atoms with Crippen molar-refractivity contribution >= 4 is 0 Å². The Balaban J connectivity index is 2.28. The number of hydrogen-bond donors (Lipinski definition) is 0. The van der Waals surface area contributed by atoms with E-state index in [9.17, 15) is 0 Å². The predicted molar refractivity (Wildman–Crippen MR) is 82.3 cm³/mol. The molecule has 0 spiro atoms. The molecule has 0 bridgehead atoms. The van der Waals surface area contributed by atoms with E-state index in [0.29, 0.717) is 0 Å². The summed E-state index contributed by atoms with van der Waals surface area (Å²) in [4.78, 5) is 0. The number of aryl methyl sites for hydroxylation is 4. The number of hydrogen-bond acceptors (Lipinski definition) is 2. The Labute approximate surface area is 122 Å². The van der Waals surface area contributed by atoms with Gasteiger partial charge in [0.1, 0.15) is 23.0 Å². The first-order valence-electron chi connectivity index (χ1n) is 7.66. The standard InChI is InChI=1S/C18H26O2/c1-6-7-8-9-16(17-10-12(2)14(4)19-17)18-11-13(3)15(5)20-18/h10-11,16H,6-9H2,1-5H3. The van der Waals surface area contributed by atoms with Crippen LogP contribution in [0.1, 0.15) is 72.7 Å².